The Labute approximate surface area is 177 Å². The van der Waals surface area contributed by atoms with Crippen molar-refractivity contribution < 1.29 is 14.3 Å². The third-order valence-electron chi connectivity index (χ3n) is 4.87. The first kappa shape index (κ1) is 19.7. The van der Waals surface area contributed by atoms with E-state index >= 15 is 0 Å². The molecule has 4 rings (SSSR count). The Balaban J connectivity index is 1.49. The number of imidazole rings is 1. The predicted octanol–water partition coefficient (Wildman–Crippen LogP) is 4.28. The zero-order valence-electron chi connectivity index (χ0n) is 15.8. The predicted molar refractivity (Wildman–Crippen MR) is 116 cm³/mol. The van der Waals surface area contributed by atoms with Crippen molar-refractivity contribution in [1.29, 1.82) is 0 Å². The van der Waals surface area contributed by atoms with Crippen molar-refractivity contribution in [3.8, 4) is 0 Å². The summed E-state index contributed by atoms with van der Waals surface area (Å²) in [7, 11) is 0. The lowest BCUT2D eigenvalue weighted by Gasteiger charge is -2.23. The number of benzene rings is 1. The van der Waals surface area contributed by atoms with Crippen molar-refractivity contribution in [2.75, 3.05) is 13.2 Å². The second-order valence-corrected chi connectivity index (χ2v) is 8.98. The fourth-order valence-electron chi connectivity index (χ4n) is 3.53. The van der Waals surface area contributed by atoms with E-state index in [4.69, 9.17) is 4.74 Å². The van der Waals surface area contributed by atoms with Gasteiger partial charge in [0.15, 0.2) is 0 Å². The summed E-state index contributed by atoms with van der Waals surface area (Å²) in [5.41, 5.74) is 1.64. The number of fused-ring (bicyclic) bond motifs is 1. The van der Waals surface area contributed by atoms with E-state index in [2.05, 4.69) is 11.6 Å². The quantitative estimate of drug-likeness (QED) is 0.550. The zero-order valence-corrected chi connectivity index (χ0v) is 17.4. The fraction of sp³-hybridized carbons (Fsp3) is 0.286. The van der Waals surface area contributed by atoms with E-state index in [-0.39, 0.29) is 29.1 Å². The Morgan fingerprint density at radius 2 is 2.17 bits per heavy atom. The molecule has 3 heterocycles. The summed E-state index contributed by atoms with van der Waals surface area (Å²) >= 11 is 2.92. The van der Waals surface area contributed by atoms with Crippen LogP contribution in [0.3, 0.4) is 0 Å². The molecule has 6 nitrogen and oxygen atoms in total. The number of carbonyl (C=O) groups is 2. The highest BCUT2D eigenvalue weighted by atomic mass is 32.2. The first-order valence-corrected chi connectivity index (χ1v) is 11.1. The van der Waals surface area contributed by atoms with Crippen molar-refractivity contribution >= 4 is 39.1 Å². The molecule has 1 aromatic carbocycles. The molecular weight excluding hydrogens is 406 g/mol. The maximum atomic E-state index is 12.6. The van der Waals surface area contributed by atoms with E-state index < -0.39 is 0 Å². The molecule has 1 saturated heterocycles. The van der Waals surface area contributed by atoms with Crippen molar-refractivity contribution in [1.82, 2.24) is 14.3 Å². The van der Waals surface area contributed by atoms with Crippen LogP contribution in [-0.2, 0) is 11.2 Å². The van der Waals surface area contributed by atoms with Gasteiger partial charge in [-0.15, -0.1) is 11.3 Å². The van der Waals surface area contributed by atoms with Gasteiger partial charge in [0.1, 0.15) is 17.8 Å². The largest absolute Gasteiger partial charge is 0.445 e. The molecule has 1 aliphatic heterocycles. The normalized spacial score (nSPS) is 18.8. The van der Waals surface area contributed by atoms with E-state index in [1.165, 1.54) is 11.8 Å². The molecule has 1 amide bonds. The lowest BCUT2D eigenvalue weighted by Crippen LogP contribution is -2.37. The topological polar surface area (TPSA) is 63.9 Å². The summed E-state index contributed by atoms with van der Waals surface area (Å²) in [5, 5.41) is 2.06. The minimum atomic E-state index is -0.369. The molecule has 1 fully saturated rings. The SMILES string of the molecule is C=CCOC(=O)N1C[C@@H](SC(=O)c2ccccc2)C[C@H]1Cc1ncn2ccsc12. The molecule has 0 spiro atoms. The van der Waals surface area contributed by atoms with Crippen molar-refractivity contribution in [3.05, 3.63) is 72.1 Å². The first-order valence-electron chi connectivity index (χ1n) is 9.35. The van der Waals surface area contributed by atoms with Gasteiger partial charge in [0.2, 0.25) is 5.12 Å². The van der Waals surface area contributed by atoms with E-state index in [1.54, 1.807) is 28.6 Å². The second-order valence-electron chi connectivity index (χ2n) is 6.81. The first-order chi connectivity index (χ1) is 14.2. The fourth-order valence-corrected chi connectivity index (χ4v) is 5.48. The number of hydrogen-bond acceptors (Lipinski definition) is 6. The molecule has 0 unspecified atom stereocenters. The van der Waals surface area contributed by atoms with Crippen molar-refractivity contribution in [2.45, 2.75) is 24.1 Å². The maximum Gasteiger partial charge on any atom is 0.410 e. The van der Waals surface area contributed by atoms with Gasteiger partial charge < -0.3 is 9.64 Å². The molecule has 0 aliphatic carbocycles. The number of likely N-dealkylation sites (tertiary alicyclic amines) is 1. The van der Waals surface area contributed by atoms with Crippen molar-refractivity contribution in [3.63, 3.8) is 0 Å². The Morgan fingerprint density at radius 3 is 2.97 bits per heavy atom. The van der Waals surface area contributed by atoms with Gasteiger partial charge >= 0.3 is 6.09 Å². The molecule has 0 saturated carbocycles. The monoisotopic (exact) mass is 427 g/mol. The van der Waals surface area contributed by atoms with Gasteiger partial charge in [0, 0.05) is 41.4 Å². The molecule has 29 heavy (non-hydrogen) atoms. The van der Waals surface area contributed by atoms with Gasteiger partial charge in [0.25, 0.3) is 0 Å². The number of hydrogen-bond donors (Lipinski definition) is 0. The van der Waals surface area contributed by atoms with Gasteiger partial charge in [-0.25, -0.2) is 9.78 Å². The van der Waals surface area contributed by atoms with Crippen LogP contribution in [-0.4, -0.2) is 49.9 Å². The molecule has 0 bridgehead atoms. The van der Waals surface area contributed by atoms with Crippen LogP contribution in [0.4, 0.5) is 4.79 Å². The molecule has 150 valence electrons. The second kappa shape index (κ2) is 8.84. The highest BCUT2D eigenvalue weighted by Gasteiger charge is 2.38. The van der Waals surface area contributed by atoms with Gasteiger partial charge in [-0.3, -0.25) is 9.20 Å². The molecule has 0 N–H and O–H groups in total. The Kier molecular flexibility index (Phi) is 6.01. The van der Waals surface area contributed by atoms with E-state index in [1.807, 2.05) is 46.3 Å². The summed E-state index contributed by atoms with van der Waals surface area (Å²) in [6.45, 7) is 4.25. The van der Waals surface area contributed by atoms with E-state index in [9.17, 15) is 9.59 Å². The van der Waals surface area contributed by atoms with Crippen LogP contribution in [0.1, 0.15) is 22.5 Å². The Hall–Kier alpha value is -2.58. The van der Waals surface area contributed by atoms with Crippen LogP contribution >= 0.6 is 23.1 Å². The lowest BCUT2D eigenvalue weighted by molar-refractivity contribution is 0.107. The van der Waals surface area contributed by atoms with E-state index in [0.29, 0.717) is 18.5 Å². The summed E-state index contributed by atoms with van der Waals surface area (Å²) in [6.07, 6.45) is 6.30. The number of thiazole rings is 1. The third kappa shape index (κ3) is 4.38. The van der Waals surface area contributed by atoms with Crippen LogP contribution in [0.15, 0.2) is 60.9 Å². The number of carbonyl (C=O) groups excluding carboxylic acids is 2. The van der Waals surface area contributed by atoms with Gasteiger partial charge in [0.05, 0.1) is 5.69 Å². The number of thioether (sulfide) groups is 1. The Morgan fingerprint density at radius 1 is 1.34 bits per heavy atom. The summed E-state index contributed by atoms with van der Waals surface area (Å²) in [4.78, 5) is 32.5. The summed E-state index contributed by atoms with van der Waals surface area (Å²) in [5.74, 6) is 0. The summed E-state index contributed by atoms with van der Waals surface area (Å²) < 4.78 is 7.27. The Bertz CT molecular complexity index is 1010. The standard InChI is InChI=1S/C21H21N3O3S2/c1-2-9-27-21(26)24-13-17(29-20(25)15-6-4-3-5-7-15)11-16(24)12-18-19-23(14-22-18)8-10-28-19/h2-8,10,14,16-17H,1,9,11-13H2/t16-,17-/m0/s1. The smallest absolute Gasteiger partial charge is 0.410 e. The molecule has 8 heteroatoms. The number of aromatic nitrogens is 2. The third-order valence-corrected chi connectivity index (χ3v) is 6.92. The van der Waals surface area contributed by atoms with Crippen molar-refractivity contribution in [2.24, 2.45) is 0 Å². The number of amides is 1. The van der Waals surface area contributed by atoms with Crippen LogP contribution in [0.5, 0.6) is 0 Å². The average Bonchev–Trinajstić information content (AvgIpc) is 3.44. The number of ether oxygens (including phenoxy) is 1. The maximum absolute atomic E-state index is 12.6. The highest BCUT2D eigenvalue weighted by Crippen LogP contribution is 2.33. The average molecular weight is 428 g/mol. The highest BCUT2D eigenvalue weighted by molar-refractivity contribution is 8.14. The minimum Gasteiger partial charge on any atom is -0.445 e. The lowest BCUT2D eigenvalue weighted by atomic mass is 10.1. The van der Waals surface area contributed by atoms with Crippen LogP contribution < -0.4 is 0 Å². The number of rotatable bonds is 6. The molecule has 1 aliphatic rings. The van der Waals surface area contributed by atoms with Gasteiger partial charge in [-0.1, -0.05) is 54.7 Å². The molecule has 0 radical (unpaired) electrons. The van der Waals surface area contributed by atoms with Crippen LogP contribution in [0, 0.1) is 0 Å². The molecule has 2 atom stereocenters. The minimum absolute atomic E-state index is 0.0189. The summed E-state index contributed by atoms with van der Waals surface area (Å²) in [6, 6.07) is 9.17. The van der Waals surface area contributed by atoms with Crippen LogP contribution in [0.2, 0.25) is 0 Å². The molecular formula is C21H21N3O3S2. The van der Waals surface area contributed by atoms with E-state index in [0.717, 1.165) is 16.9 Å². The molecule has 2 aromatic heterocycles. The molecule has 3 aromatic rings. The zero-order chi connectivity index (χ0) is 20.2. The van der Waals surface area contributed by atoms with Gasteiger partial charge in [-0.2, -0.15) is 0 Å². The van der Waals surface area contributed by atoms with Crippen LogP contribution in [0.25, 0.3) is 4.83 Å². The number of nitrogens with zero attached hydrogens (tertiary/aromatic N) is 3. The van der Waals surface area contributed by atoms with Gasteiger partial charge in [-0.05, 0) is 6.42 Å².